The molecule has 0 atom stereocenters. The summed E-state index contributed by atoms with van der Waals surface area (Å²) in [5.41, 5.74) is 1.32. The fourth-order valence-electron chi connectivity index (χ4n) is 1.42. The van der Waals surface area contributed by atoms with Crippen molar-refractivity contribution in [2.45, 2.75) is 45.7 Å². The standard InChI is InChI=1S/C13H20FN/c1-4-13(3,5-2)15-10-11-6-8-12(14)9-7-11/h6-9,15H,4-5,10H2,1-3H3. The van der Waals surface area contributed by atoms with Crippen LogP contribution in [0.15, 0.2) is 24.3 Å². The molecule has 0 bridgehead atoms. The Morgan fingerprint density at radius 2 is 1.67 bits per heavy atom. The molecule has 1 N–H and O–H groups in total. The van der Waals surface area contributed by atoms with E-state index in [9.17, 15) is 4.39 Å². The minimum atomic E-state index is -0.174. The maximum Gasteiger partial charge on any atom is 0.123 e. The van der Waals surface area contributed by atoms with Gasteiger partial charge in [-0.3, -0.25) is 0 Å². The molecule has 0 aliphatic heterocycles. The van der Waals surface area contributed by atoms with Crippen molar-refractivity contribution in [3.8, 4) is 0 Å². The van der Waals surface area contributed by atoms with Gasteiger partial charge in [0.05, 0.1) is 0 Å². The topological polar surface area (TPSA) is 12.0 Å². The minimum absolute atomic E-state index is 0.174. The van der Waals surface area contributed by atoms with Crippen LogP contribution in [-0.2, 0) is 6.54 Å². The van der Waals surface area contributed by atoms with Gasteiger partial charge in [-0.05, 0) is 37.5 Å². The van der Waals surface area contributed by atoms with E-state index < -0.39 is 0 Å². The average molecular weight is 209 g/mol. The van der Waals surface area contributed by atoms with Gasteiger partial charge in [-0.15, -0.1) is 0 Å². The van der Waals surface area contributed by atoms with Crippen LogP contribution in [0.4, 0.5) is 4.39 Å². The molecule has 0 fully saturated rings. The third-order valence-electron chi connectivity index (χ3n) is 3.19. The van der Waals surface area contributed by atoms with Crippen LogP contribution in [0.25, 0.3) is 0 Å². The van der Waals surface area contributed by atoms with Gasteiger partial charge in [0.25, 0.3) is 0 Å². The second-order valence-electron chi connectivity index (χ2n) is 4.25. The van der Waals surface area contributed by atoms with Gasteiger partial charge in [0.15, 0.2) is 0 Å². The van der Waals surface area contributed by atoms with E-state index in [-0.39, 0.29) is 11.4 Å². The van der Waals surface area contributed by atoms with Crippen molar-refractivity contribution in [2.75, 3.05) is 0 Å². The third kappa shape index (κ3) is 3.63. The van der Waals surface area contributed by atoms with Crippen LogP contribution in [0.3, 0.4) is 0 Å². The lowest BCUT2D eigenvalue weighted by Gasteiger charge is -2.28. The van der Waals surface area contributed by atoms with E-state index in [4.69, 9.17) is 0 Å². The summed E-state index contributed by atoms with van der Waals surface area (Å²) in [6.07, 6.45) is 2.20. The number of benzene rings is 1. The summed E-state index contributed by atoms with van der Waals surface area (Å²) in [5, 5.41) is 3.51. The van der Waals surface area contributed by atoms with Crippen molar-refractivity contribution in [2.24, 2.45) is 0 Å². The molecule has 1 aromatic carbocycles. The predicted octanol–water partition coefficient (Wildman–Crippen LogP) is 3.49. The van der Waals surface area contributed by atoms with Gasteiger partial charge >= 0.3 is 0 Å². The van der Waals surface area contributed by atoms with Crippen molar-refractivity contribution in [3.05, 3.63) is 35.6 Å². The van der Waals surface area contributed by atoms with Crippen molar-refractivity contribution in [3.63, 3.8) is 0 Å². The second-order valence-corrected chi connectivity index (χ2v) is 4.25. The quantitative estimate of drug-likeness (QED) is 0.782. The number of nitrogens with one attached hydrogen (secondary N) is 1. The fourth-order valence-corrected chi connectivity index (χ4v) is 1.42. The van der Waals surface area contributed by atoms with E-state index in [0.29, 0.717) is 0 Å². The minimum Gasteiger partial charge on any atom is -0.307 e. The Morgan fingerprint density at radius 3 is 2.13 bits per heavy atom. The Bertz CT molecular complexity index is 288. The molecule has 1 nitrogen and oxygen atoms in total. The highest BCUT2D eigenvalue weighted by molar-refractivity contribution is 5.16. The number of rotatable bonds is 5. The summed E-state index contributed by atoms with van der Waals surface area (Å²) in [7, 11) is 0. The van der Waals surface area contributed by atoms with Gasteiger partial charge in [0.1, 0.15) is 5.82 Å². The molecule has 0 heterocycles. The fraction of sp³-hybridized carbons (Fsp3) is 0.538. The first-order chi connectivity index (χ1) is 7.09. The highest BCUT2D eigenvalue weighted by Gasteiger charge is 2.17. The van der Waals surface area contributed by atoms with Crippen LogP contribution in [0.1, 0.15) is 39.2 Å². The van der Waals surface area contributed by atoms with Crippen LogP contribution < -0.4 is 5.32 Å². The van der Waals surface area contributed by atoms with Gasteiger partial charge in [-0.25, -0.2) is 4.39 Å². The molecule has 2 heteroatoms. The molecule has 0 aliphatic rings. The first-order valence-corrected chi connectivity index (χ1v) is 5.59. The van der Waals surface area contributed by atoms with Gasteiger partial charge in [-0.2, -0.15) is 0 Å². The molecule has 0 saturated carbocycles. The smallest absolute Gasteiger partial charge is 0.123 e. The van der Waals surface area contributed by atoms with Crippen LogP contribution in [0.5, 0.6) is 0 Å². The SMILES string of the molecule is CCC(C)(CC)NCc1ccc(F)cc1. The second kappa shape index (κ2) is 5.26. The zero-order valence-electron chi connectivity index (χ0n) is 9.81. The van der Waals surface area contributed by atoms with Crippen molar-refractivity contribution in [1.82, 2.24) is 5.32 Å². The van der Waals surface area contributed by atoms with Gasteiger partial charge in [-0.1, -0.05) is 26.0 Å². The summed E-state index contributed by atoms with van der Waals surface area (Å²) in [4.78, 5) is 0. The Kier molecular flexibility index (Phi) is 4.28. The van der Waals surface area contributed by atoms with Crippen LogP contribution in [-0.4, -0.2) is 5.54 Å². The largest absolute Gasteiger partial charge is 0.307 e. The monoisotopic (exact) mass is 209 g/mol. The highest BCUT2D eigenvalue weighted by atomic mass is 19.1. The van der Waals surface area contributed by atoms with E-state index in [1.54, 1.807) is 0 Å². The highest BCUT2D eigenvalue weighted by Crippen LogP contribution is 2.14. The zero-order chi connectivity index (χ0) is 11.3. The first-order valence-electron chi connectivity index (χ1n) is 5.59. The number of hydrogen-bond acceptors (Lipinski definition) is 1. The molecule has 0 saturated heterocycles. The maximum absolute atomic E-state index is 12.7. The van der Waals surface area contributed by atoms with E-state index in [1.807, 2.05) is 12.1 Å². The first kappa shape index (κ1) is 12.2. The summed E-state index contributed by atoms with van der Waals surface area (Å²) in [6, 6.07) is 6.67. The van der Waals surface area contributed by atoms with Crippen molar-refractivity contribution >= 4 is 0 Å². The van der Waals surface area contributed by atoms with Crippen molar-refractivity contribution in [1.29, 1.82) is 0 Å². The average Bonchev–Trinajstić information content (AvgIpc) is 2.28. The lowest BCUT2D eigenvalue weighted by Crippen LogP contribution is -2.40. The molecule has 1 aromatic rings. The normalized spacial score (nSPS) is 11.7. The molecular weight excluding hydrogens is 189 g/mol. The Labute approximate surface area is 91.7 Å². The van der Waals surface area contributed by atoms with E-state index in [1.165, 1.54) is 12.1 Å². The van der Waals surface area contributed by atoms with Gasteiger partial charge in [0, 0.05) is 12.1 Å². The van der Waals surface area contributed by atoms with E-state index in [2.05, 4.69) is 26.1 Å². The molecule has 84 valence electrons. The number of hydrogen-bond donors (Lipinski definition) is 1. The number of halogens is 1. The van der Waals surface area contributed by atoms with Gasteiger partial charge < -0.3 is 5.32 Å². The molecule has 0 aliphatic carbocycles. The summed E-state index contributed by atoms with van der Waals surface area (Å²) in [6.45, 7) is 7.39. The van der Waals surface area contributed by atoms with Crippen LogP contribution in [0.2, 0.25) is 0 Å². The van der Waals surface area contributed by atoms with Crippen molar-refractivity contribution < 1.29 is 4.39 Å². The zero-order valence-corrected chi connectivity index (χ0v) is 9.81. The molecule has 0 unspecified atom stereocenters. The molecular formula is C13H20FN. The predicted molar refractivity (Wildman–Crippen MR) is 62.2 cm³/mol. The Hall–Kier alpha value is -0.890. The van der Waals surface area contributed by atoms with E-state index >= 15 is 0 Å². The molecule has 15 heavy (non-hydrogen) atoms. The summed E-state index contributed by atoms with van der Waals surface area (Å²) < 4.78 is 12.7. The Balaban J connectivity index is 2.53. The molecule has 0 spiro atoms. The lowest BCUT2D eigenvalue weighted by molar-refractivity contribution is 0.329. The summed E-state index contributed by atoms with van der Waals surface area (Å²) >= 11 is 0. The van der Waals surface area contributed by atoms with E-state index in [0.717, 1.165) is 24.9 Å². The maximum atomic E-state index is 12.7. The lowest BCUT2D eigenvalue weighted by atomic mass is 9.95. The Morgan fingerprint density at radius 1 is 1.13 bits per heavy atom. The summed E-state index contributed by atoms with van der Waals surface area (Å²) in [5.74, 6) is -0.174. The van der Waals surface area contributed by atoms with Gasteiger partial charge in [0.2, 0.25) is 0 Å². The molecule has 0 amide bonds. The molecule has 0 radical (unpaired) electrons. The molecule has 1 rings (SSSR count). The van der Waals surface area contributed by atoms with Crippen LogP contribution in [0, 0.1) is 5.82 Å². The van der Waals surface area contributed by atoms with Crippen LogP contribution >= 0.6 is 0 Å². The molecule has 0 aromatic heterocycles. The third-order valence-corrected chi connectivity index (χ3v) is 3.19.